The highest BCUT2D eigenvalue weighted by molar-refractivity contribution is 5.93. The number of carbonyl (C=O) groups excluding carboxylic acids is 1. The minimum Gasteiger partial charge on any atom is -0.457 e. The summed E-state index contributed by atoms with van der Waals surface area (Å²) in [6.45, 7) is 4.92. The fraction of sp³-hybridized carbons (Fsp3) is 0.160. The summed E-state index contributed by atoms with van der Waals surface area (Å²) < 4.78 is 5.90. The Bertz CT molecular complexity index is 1250. The fourth-order valence-electron chi connectivity index (χ4n) is 3.96. The number of benzene rings is 2. The summed E-state index contributed by atoms with van der Waals surface area (Å²) in [5, 5.41) is 11.7. The fourth-order valence-corrected chi connectivity index (χ4v) is 3.96. The molecule has 0 aliphatic carbocycles. The van der Waals surface area contributed by atoms with Crippen LogP contribution in [0.4, 0.5) is 5.82 Å². The Morgan fingerprint density at radius 1 is 1.16 bits per heavy atom. The van der Waals surface area contributed by atoms with Gasteiger partial charge in [-0.05, 0) is 55.0 Å². The molecule has 0 radical (unpaired) electrons. The van der Waals surface area contributed by atoms with Gasteiger partial charge in [-0.1, -0.05) is 24.8 Å². The maximum atomic E-state index is 11.9. The average molecular weight is 425 g/mol. The molecule has 2 aromatic carbocycles. The molecule has 1 aliphatic rings. The Morgan fingerprint density at radius 3 is 2.72 bits per heavy atom. The van der Waals surface area contributed by atoms with E-state index in [9.17, 15) is 4.79 Å². The molecule has 0 bridgehead atoms. The third kappa shape index (κ3) is 4.05. The molecule has 160 valence electrons. The van der Waals surface area contributed by atoms with Crippen LogP contribution in [0.3, 0.4) is 0 Å². The van der Waals surface area contributed by atoms with E-state index >= 15 is 0 Å². The van der Waals surface area contributed by atoms with E-state index in [1.54, 1.807) is 11.1 Å². The van der Waals surface area contributed by atoms with Crippen molar-refractivity contribution in [2.75, 3.05) is 18.4 Å². The lowest BCUT2D eigenvalue weighted by Gasteiger charge is -2.16. The van der Waals surface area contributed by atoms with E-state index in [-0.39, 0.29) is 11.9 Å². The van der Waals surface area contributed by atoms with E-state index in [0.29, 0.717) is 13.1 Å². The zero-order valence-electron chi connectivity index (χ0n) is 17.5. The minimum atomic E-state index is -0.0361. The van der Waals surface area contributed by atoms with E-state index < -0.39 is 0 Å². The van der Waals surface area contributed by atoms with Gasteiger partial charge in [0.05, 0.1) is 17.4 Å². The molecule has 4 aromatic rings. The van der Waals surface area contributed by atoms with Crippen molar-refractivity contribution in [2.24, 2.45) is 0 Å². The van der Waals surface area contributed by atoms with Gasteiger partial charge in [-0.15, -0.1) is 0 Å². The number of anilines is 1. The first kappa shape index (κ1) is 19.8. The molecule has 7 nitrogen and oxygen atoms in total. The Labute approximate surface area is 185 Å². The highest BCUT2D eigenvalue weighted by Gasteiger charge is 2.25. The predicted molar refractivity (Wildman–Crippen MR) is 125 cm³/mol. The summed E-state index contributed by atoms with van der Waals surface area (Å²) in [5.41, 5.74) is 2.64. The van der Waals surface area contributed by atoms with E-state index in [1.165, 1.54) is 6.08 Å². The maximum Gasteiger partial charge on any atom is 0.246 e. The standard InChI is InChI=1S/C25H23N5O2/c1-2-23(31)30-13-12-19(16-30)27-22-14-18-15-26-29-25(18)24(28-22)17-8-10-21(11-9-17)32-20-6-4-3-5-7-20/h2-11,14-15,19H,1,12-13,16H2,(H,26,29)(H,27,28). The van der Waals surface area contributed by atoms with Crippen molar-refractivity contribution in [1.82, 2.24) is 20.1 Å². The highest BCUT2D eigenvalue weighted by atomic mass is 16.5. The van der Waals surface area contributed by atoms with Crippen molar-refractivity contribution in [3.05, 3.63) is 79.5 Å². The number of para-hydroxylation sites is 1. The topological polar surface area (TPSA) is 83.1 Å². The second kappa shape index (κ2) is 8.55. The number of carbonyl (C=O) groups is 1. The number of nitrogens with zero attached hydrogens (tertiary/aromatic N) is 3. The zero-order chi connectivity index (χ0) is 21.9. The SMILES string of the molecule is C=CC(=O)N1CCC(Nc2cc3cn[nH]c3c(-c3ccc(Oc4ccccc4)cc3)n2)C1. The molecule has 7 heteroatoms. The van der Waals surface area contributed by atoms with E-state index in [4.69, 9.17) is 9.72 Å². The largest absolute Gasteiger partial charge is 0.457 e. The number of pyridine rings is 1. The number of fused-ring (bicyclic) bond motifs is 1. The van der Waals surface area contributed by atoms with Crippen molar-refractivity contribution in [3.63, 3.8) is 0 Å². The van der Waals surface area contributed by atoms with Gasteiger partial charge in [-0.25, -0.2) is 4.98 Å². The van der Waals surface area contributed by atoms with Crippen LogP contribution in [0.2, 0.25) is 0 Å². The first-order valence-electron chi connectivity index (χ1n) is 10.5. The number of aromatic amines is 1. The number of aromatic nitrogens is 3. The third-order valence-electron chi connectivity index (χ3n) is 5.56. The van der Waals surface area contributed by atoms with Gasteiger partial charge < -0.3 is 15.0 Å². The summed E-state index contributed by atoms with van der Waals surface area (Å²) in [5.74, 6) is 2.27. The Balaban J connectivity index is 1.39. The molecule has 2 N–H and O–H groups in total. The van der Waals surface area contributed by atoms with Crippen molar-refractivity contribution in [3.8, 4) is 22.8 Å². The van der Waals surface area contributed by atoms with Gasteiger partial charge in [0.1, 0.15) is 17.3 Å². The first-order valence-corrected chi connectivity index (χ1v) is 10.5. The van der Waals surface area contributed by atoms with Crippen LogP contribution in [0.1, 0.15) is 6.42 Å². The molecule has 1 saturated heterocycles. The lowest BCUT2D eigenvalue weighted by Crippen LogP contribution is -2.30. The normalized spacial score (nSPS) is 15.6. The predicted octanol–water partition coefficient (Wildman–Crippen LogP) is 4.62. The van der Waals surface area contributed by atoms with Gasteiger partial charge in [0.25, 0.3) is 0 Å². The molecule has 1 amide bonds. The number of amides is 1. The Kier molecular flexibility index (Phi) is 5.29. The molecule has 5 rings (SSSR count). The van der Waals surface area contributed by atoms with E-state index in [0.717, 1.165) is 45.9 Å². The minimum absolute atomic E-state index is 0.0361. The van der Waals surface area contributed by atoms with Crippen LogP contribution in [0.5, 0.6) is 11.5 Å². The molecule has 0 spiro atoms. The van der Waals surface area contributed by atoms with Gasteiger partial charge in [0.15, 0.2) is 0 Å². The van der Waals surface area contributed by atoms with Crippen molar-refractivity contribution < 1.29 is 9.53 Å². The van der Waals surface area contributed by atoms with Crippen molar-refractivity contribution in [2.45, 2.75) is 12.5 Å². The summed E-state index contributed by atoms with van der Waals surface area (Å²) in [7, 11) is 0. The summed E-state index contributed by atoms with van der Waals surface area (Å²) in [4.78, 5) is 18.5. The molecule has 1 fully saturated rings. The van der Waals surface area contributed by atoms with Gasteiger partial charge in [-0.2, -0.15) is 5.10 Å². The average Bonchev–Trinajstić information content (AvgIpc) is 3.49. The molecule has 1 atom stereocenters. The molecule has 0 saturated carbocycles. The van der Waals surface area contributed by atoms with Gasteiger partial charge in [0.2, 0.25) is 5.91 Å². The van der Waals surface area contributed by atoms with Crippen LogP contribution in [-0.4, -0.2) is 45.1 Å². The number of rotatable bonds is 6. The zero-order valence-corrected chi connectivity index (χ0v) is 17.5. The molecular weight excluding hydrogens is 402 g/mol. The summed E-state index contributed by atoms with van der Waals surface area (Å²) in [6.07, 6.45) is 4.02. The molecule has 1 aliphatic heterocycles. The molecular formula is C25H23N5O2. The third-order valence-corrected chi connectivity index (χ3v) is 5.56. The lowest BCUT2D eigenvalue weighted by atomic mass is 10.1. The maximum absolute atomic E-state index is 11.9. The highest BCUT2D eigenvalue weighted by Crippen LogP contribution is 2.30. The molecule has 1 unspecified atom stereocenters. The molecule has 3 heterocycles. The number of hydrogen-bond donors (Lipinski definition) is 2. The molecule has 2 aromatic heterocycles. The number of likely N-dealkylation sites (tertiary alicyclic amines) is 1. The summed E-state index contributed by atoms with van der Waals surface area (Å²) >= 11 is 0. The lowest BCUT2D eigenvalue weighted by molar-refractivity contribution is -0.125. The van der Waals surface area contributed by atoms with Crippen LogP contribution in [-0.2, 0) is 4.79 Å². The van der Waals surface area contributed by atoms with Gasteiger partial charge in [0, 0.05) is 30.1 Å². The molecule has 32 heavy (non-hydrogen) atoms. The van der Waals surface area contributed by atoms with Crippen LogP contribution < -0.4 is 10.1 Å². The number of H-pyrrole nitrogens is 1. The van der Waals surface area contributed by atoms with Crippen molar-refractivity contribution in [1.29, 1.82) is 0 Å². The number of nitrogens with one attached hydrogen (secondary N) is 2. The second-order valence-electron chi connectivity index (χ2n) is 7.75. The van der Waals surface area contributed by atoms with Crippen molar-refractivity contribution >= 4 is 22.6 Å². The number of hydrogen-bond acceptors (Lipinski definition) is 5. The van der Waals surface area contributed by atoms with Crippen LogP contribution in [0.25, 0.3) is 22.2 Å². The van der Waals surface area contributed by atoms with E-state index in [1.807, 2.05) is 60.7 Å². The second-order valence-corrected chi connectivity index (χ2v) is 7.75. The summed E-state index contributed by atoms with van der Waals surface area (Å²) in [6, 6.07) is 19.7. The quantitative estimate of drug-likeness (QED) is 0.441. The van der Waals surface area contributed by atoms with Crippen LogP contribution in [0, 0.1) is 0 Å². The van der Waals surface area contributed by atoms with Gasteiger partial charge in [-0.3, -0.25) is 9.89 Å². The number of ether oxygens (including phenoxy) is 1. The smallest absolute Gasteiger partial charge is 0.246 e. The van der Waals surface area contributed by atoms with E-state index in [2.05, 4.69) is 22.1 Å². The Morgan fingerprint density at radius 2 is 1.94 bits per heavy atom. The first-order chi connectivity index (χ1) is 15.7. The van der Waals surface area contributed by atoms with Gasteiger partial charge >= 0.3 is 0 Å². The van der Waals surface area contributed by atoms with Crippen LogP contribution in [0.15, 0.2) is 79.5 Å². The monoisotopic (exact) mass is 425 g/mol. The Hall–Kier alpha value is -4.13. The van der Waals surface area contributed by atoms with Crippen LogP contribution >= 0.6 is 0 Å².